The van der Waals surface area contributed by atoms with Crippen LogP contribution in [0.2, 0.25) is 0 Å². The van der Waals surface area contributed by atoms with Gasteiger partial charge in [0.2, 0.25) is 0 Å². The lowest BCUT2D eigenvalue weighted by molar-refractivity contribution is 0.627. The lowest BCUT2D eigenvalue weighted by Gasteiger charge is -2.23. The number of aryl methyl sites for hydroxylation is 3. The van der Waals surface area contributed by atoms with Gasteiger partial charge in [0, 0.05) is 12.2 Å². The van der Waals surface area contributed by atoms with Gasteiger partial charge in [-0.05, 0) is 55.7 Å². The number of halogens is 1. The molecule has 2 rings (SSSR count). The van der Waals surface area contributed by atoms with E-state index in [4.69, 9.17) is 5.73 Å². The molecule has 0 amide bonds. The Hall–Kier alpha value is -1.87. The van der Waals surface area contributed by atoms with Crippen molar-refractivity contribution < 1.29 is 4.39 Å². The van der Waals surface area contributed by atoms with E-state index in [1.54, 1.807) is 6.07 Å². The molecule has 0 aliphatic rings. The van der Waals surface area contributed by atoms with Gasteiger partial charge in [-0.3, -0.25) is 0 Å². The molecule has 0 fully saturated rings. The van der Waals surface area contributed by atoms with Crippen LogP contribution in [0.3, 0.4) is 0 Å². The van der Waals surface area contributed by atoms with Gasteiger partial charge in [0.1, 0.15) is 5.82 Å². The van der Waals surface area contributed by atoms with Gasteiger partial charge in [0.15, 0.2) is 0 Å². The van der Waals surface area contributed by atoms with Gasteiger partial charge >= 0.3 is 0 Å². The average Bonchev–Trinajstić information content (AvgIpc) is 2.36. The maximum Gasteiger partial charge on any atom is 0.125 e. The molecule has 2 aromatic carbocycles. The molecule has 0 heterocycles. The van der Waals surface area contributed by atoms with Crippen molar-refractivity contribution in [3.05, 3.63) is 64.5 Å². The third kappa shape index (κ3) is 3.17. The highest BCUT2D eigenvalue weighted by atomic mass is 19.1. The Balaban J connectivity index is 2.34. The molecule has 2 aromatic rings. The lowest BCUT2D eigenvalue weighted by atomic mass is 9.94. The Morgan fingerprint density at radius 2 is 1.75 bits per heavy atom. The number of nitrogens with one attached hydrogen (secondary N) is 1. The number of nitrogens with two attached hydrogens (primary N) is 1. The number of rotatable bonds is 4. The number of benzene rings is 2. The van der Waals surface area contributed by atoms with Gasteiger partial charge in [0.05, 0.1) is 6.04 Å². The minimum absolute atomic E-state index is 0.0163. The zero-order valence-corrected chi connectivity index (χ0v) is 12.2. The second kappa shape index (κ2) is 6.06. The van der Waals surface area contributed by atoms with Gasteiger partial charge in [0.25, 0.3) is 0 Å². The monoisotopic (exact) mass is 272 g/mol. The third-order valence-corrected chi connectivity index (χ3v) is 3.49. The van der Waals surface area contributed by atoms with E-state index < -0.39 is 0 Å². The van der Waals surface area contributed by atoms with E-state index in [1.807, 2.05) is 6.07 Å². The standard InChI is InChI=1S/C17H21FN2/c1-11-7-12(2)17(13(3)8-11)16(10-19)20-15-6-4-5-14(18)9-15/h4-9,16,20H,10,19H2,1-3H3. The molecule has 0 aliphatic carbocycles. The molecule has 20 heavy (non-hydrogen) atoms. The highest BCUT2D eigenvalue weighted by Gasteiger charge is 2.15. The summed E-state index contributed by atoms with van der Waals surface area (Å²) in [6.07, 6.45) is 0. The van der Waals surface area contributed by atoms with Crippen molar-refractivity contribution in [2.45, 2.75) is 26.8 Å². The molecule has 106 valence electrons. The summed E-state index contributed by atoms with van der Waals surface area (Å²) in [5.41, 5.74) is 11.5. The molecule has 1 unspecified atom stereocenters. The Bertz CT molecular complexity index is 585. The average molecular weight is 272 g/mol. The van der Waals surface area contributed by atoms with E-state index in [2.05, 4.69) is 38.2 Å². The summed E-state index contributed by atoms with van der Waals surface area (Å²) < 4.78 is 13.3. The topological polar surface area (TPSA) is 38.0 Å². The maximum atomic E-state index is 13.3. The molecule has 3 N–H and O–H groups in total. The van der Waals surface area contributed by atoms with Crippen LogP contribution in [0.1, 0.15) is 28.3 Å². The van der Waals surface area contributed by atoms with Crippen molar-refractivity contribution in [3.63, 3.8) is 0 Å². The Morgan fingerprint density at radius 3 is 2.30 bits per heavy atom. The molecule has 0 bridgehead atoms. The van der Waals surface area contributed by atoms with Crippen LogP contribution in [0.4, 0.5) is 10.1 Å². The van der Waals surface area contributed by atoms with Crippen molar-refractivity contribution in [2.75, 3.05) is 11.9 Å². The van der Waals surface area contributed by atoms with Crippen LogP contribution >= 0.6 is 0 Å². The predicted octanol–water partition coefficient (Wildman–Crippen LogP) is 3.86. The summed E-state index contributed by atoms with van der Waals surface area (Å²) in [6, 6.07) is 10.8. The van der Waals surface area contributed by atoms with Crippen LogP contribution in [-0.2, 0) is 0 Å². The molecular formula is C17H21FN2. The Kier molecular flexibility index (Phi) is 4.40. The number of hydrogen-bond donors (Lipinski definition) is 2. The van der Waals surface area contributed by atoms with Crippen LogP contribution in [0.5, 0.6) is 0 Å². The Morgan fingerprint density at radius 1 is 1.10 bits per heavy atom. The first kappa shape index (κ1) is 14.5. The molecular weight excluding hydrogens is 251 g/mol. The van der Waals surface area contributed by atoms with Crippen LogP contribution < -0.4 is 11.1 Å². The van der Waals surface area contributed by atoms with Crippen LogP contribution in [0, 0.1) is 26.6 Å². The summed E-state index contributed by atoms with van der Waals surface area (Å²) in [4.78, 5) is 0. The fourth-order valence-electron chi connectivity index (χ4n) is 2.77. The maximum absolute atomic E-state index is 13.3. The second-order valence-electron chi connectivity index (χ2n) is 5.26. The zero-order valence-electron chi connectivity index (χ0n) is 12.2. The summed E-state index contributed by atoms with van der Waals surface area (Å²) in [5.74, 6) is -0.247. The Labute approximate surface area is 119 Å². The first-order valence-electron chi connectivity index (χ1n) is 6.81. The predicted molar refractivity (Wildman–Crippen MR) is 82.5 cm³/mol. The minimum atomic E-state index is -0.247. The van der Waals surface area contributed by atoms with Crippen molar-refractivity contribution in [1.82, 2.24) is 0 Å². The number of anilines is 1. The van der Waals surface area contributed by atoms with Gasteiger partial charge < -0.3 is 11.1 Å². The van der Waals surface area contributed by atoms with Crippen molar-refractivity contribution in [3.8, 4) is 0 Å². The van der Waals surface area contributed by atoms with Crippen molar-refractivity contribution in [1.29, 1.82) is 0 Å². The summed E-state index contributed by atoms with van der Waals surface area (Å²) in [7, 11) is 0. The molecule has 1 atom stereocenters. The highest BCUT2D eigenvalue weighted by molar-refractivity contribution is 5.49. The molecule has 0 radical (unpaired) electrons. The third-order valence-electron chi connectivity index (χ3n) is 3.49. The normalized spacial score (nSPS) is 12.2. The molecule has 0 aliphatic heterocycles. The second-order valence-corrected chi connectivity index (χ2v) is 5.26. The molecule has 2 nitrogen and oxygen atoms in total. The SMILES string of the molecule is Cc1cc(C)c(C(CN)Nc2cccc(F)c2)c(C)c1. The van der Waals surface area contributed by atoms with Gasteiger partial charge in [-0.2, -0.15) is 0 Å². The first-order valence-corrected chi connectivity index (χ1v) is 6.81. The van der Waals surface area contributed by atoms with Crippen LogP contribution in [0.25, 0.3) is 0 Å². The van der Waals surface area contributed by atoms with E-state index in [1.165, 1.54) is 34.4 Å². The van der Waals surface area contributed by atoms with Crippen molar-refractivity contribution >= 4 is 5.69 Å². The van der Waals surface area contributed by atoms with E-state index >= 15 is 0 Å². The summed E-state index contributed by atoms with van der Waals surface area (Å²) in [5, 5.41) is 3.32. The lowest BCUT2D eigenvalue weighted by Crippen LogP contribution is -2.22. The van der Waals surface area contributed by atoms with Crippen LogP contribution in [0.15, 0.2) is 36.4 Å². The molecule has 3 heteroatoms. The van der Waals surface area contributed by atoms with Gasteiger partial charge in [-0.1, -0.05) is 23.8 Å². The fraction of sp³-hybridized carbons (Fsp3) is 0.294. The molecule has 0 saturated heterocycles. The number of hydrogen-bond acceptors (Lipinski definition) is 2. The smallest absolute Gasteiger partial charge is 0.125 e. The van der Waals surface area contributed by atoms with Gasteiger partial charge in [-0.25, -0.2) is 4.39 Å². The van der Waals surface area contributed by atoms with E-state index in [9.17, 15) is 4.39 Å². The van der Waals surface area contributed by atoms with E-state index in [-0.39, 0.29) is 11.9 Å². The highest BCUT2D eigenvalue weighted by Crippen LogP contribution is 2.26. The molecule has 0 saturated carbocycles. The quantitative estimate of drug-likeness (QED) is 0.887. The van der Waals surface area contributed by atoms with E-state index in [0.29, 0.717) is 6.54 Å². The minimum Gasteiger partial charge on any atom is -0.377 e. The molecule has 0 spiro atoms. The van der Waals surface area contributed by atoms with Crippen LogP contribution in [-0.4, -0.2) is 6.54 Å². The fourth-order valence-corrected chi connectivity index (χ4v) is 2.77. The molecule has 0 aromatic heterocycles. The van der Waals surface area contributed by atoms with E-state index in [0.717, 1.165) is 5.69 Å². The largest absolute Gasteiger partial charge is 0.377 e. The first-order chi connectivity index (χ1) is 9.51. The van der Waals surface area contributed by atoms with Gasteiger partial charge in [-0.15, -0.1) is 0 Å². The van der Waals surface area contributed by atoms with Crippen molar-refractivity contribution in [2.24, 2.45) is 5.73 Å². The zero-order chi connectivity index (χ0) is 14.7. The summed E-state index contributed by atoms with van der Waals surface area (Å²) in [6.45, 7) is 6.72. The summed E-state index contributed by atoms with van der Waals surface area (Å²) >= 11 is 0.